The quantitative estimate of drug-likeness (QED) is 0.586. The zero-order valence-electron chi connectivity index (χ0n) is 13.1. The molecule has 0 bridgehead atoms. The second kappa shape index (κ2) is 8.74. The molecule has 6 heteroatoms. The van der Waals surface area contributed by atoms with E-state index in [2.05, 4.69) is 5.32 Å². The average Bonchev–Trinajstić information content (AvgIpc) is 3.01. The van der Waals surface area contributed by atoms with Crippen molar-refractivity contribution in [2.75, 3.05) is 19.4 Å². The number of Topliss-reactive ketones (excluding diaryl/α,β-unsaturated/α-hetero) is 1. The maximum Gasteiger partial charge on any atom is 0.216 e. The molecule has 1 amide bonds. The Labute approximate surface area is 144 Å². The Morgan fingerprint density at radius 1 is 1.17 bits per heavy atom. The molecular formula is C17H19NO3S2. The second-order valence-electron chi connectivity index (χ2n) is 4.89. The largest absolute Gasteiger partial charge is 0.497 e. The van der Waals surface area contributed by atoms with Crippen molar-refractivity contribution in [2.45, 2.75) is 18.2 Å². The van der Waals surface area contributed by atoms with E-state index < -0.39 is 0 Å². The van der Waals surface area contributed by atoms with Gasteiger partial charge in [-0.25, -0.2) is 0 Å². The molecule has 122 valence electrons. The number of nitrogens with one attached hydrogen (secondary N) is 1. The standard InChI is InChI=1S/C17H19NO3S2/c1-12(19)18-10-9-15-7-8-17(23-15)16(20)11-22-14-5-3-13(21-2)4-6-14/h3-8H,9-11H2,1-2H3,(H,18,19). The number of ketones is 1. The third-order valence-corrected chi connectivity index (χ3v) is 5.31. The highest BCUT2D eigenvalue weighted by molar-refractivity contribution is 8.00. The first kappa shape index (κ1) is 17.6. The van der Waals surface area contributed by atoms with Gasteiger partial charge in [0.15, 0.2) is 5.78 Å². The molecule has 0 fully saturated rings. The van der Waals surface area contributed by atoms with Crippen LogP contribution < -0.4 is 10.1 Å². The number of carbonyl (C=O) groups is 2. The zero-order valence-corrected chi connectivity index (χ0v) is 14.8. The van der Waals surface area contributed by atoms with Crippen LogP contribution in [0.5, 0.6) is 5.75 Å². The van der Waals surface area contributed by atoms with Gasteiger partial charge in [-0.15, -0.1) is 23.1 Å². The third-order valence-electron chi connectivity index (χ3n) is 3.11. The van der Waals surface area contributed by atoms with Gasteiger partial charge in [0.1, 0.15) is 5.75 Å². The van der Waals surface area contributed by atoms with E-state index in [9.17, 15) is 9.59 Å². The molecule has 0 atom stereocenters. The molecule has 0 unspecified atom stereocenters. The zero-order chi connectivity index (χ0) is 16.7. The van der Waals surface area contributed by atoms with Crippen LogP contribution >= 0.6 is 23.1 Å². The Kier molecular flexibility index (Phi) is 6.67. The summed E-state index contributed by atoms with van der Waals surface area (Å²) in [4.78, 5) is 26.0. The number of amides is 1. The molecular weight excluding hydrogens is 330 g/mol. The number of carbonyl (C=O) groups excluding carboxylic acids is 2. The lowest BCUT2D eigenvalue weighted by Gasteiger charge is -2.02. The second-order valence-corrected chi connectivity index (χ2v) is 7.10. The topological polar surface area (TPSA) is 55.4 Å². The lowest BCUT2D eigenvalue weighted by atomic mass is 10.3. The normalized spacial score (nSPS) is 10.3. The fraction of sp³-hybridized carbons (Fsp3) is 0.294. The van der Waals surface area contributed by atoms with E-state index in [4.69, 9.17) is 4.74 Å². The molecule has 0 radical (unpaired) electrons. The van der Waals surface area contributed by atoms with Crippen molar-refractivity contribution in [2.24, 2.45) is 0 Å². The SMILES string of the molecule is COc1ccc(SCC(=O)c2ccc(CCNC(C)=O)s2)cc1. The molecule has 4 nitrogen and oxygen atoms in total. The molecule has 0 aliphatic heterocycles. The van der Waals surface area contributed by atoms with E-state index in [1.807, 2.05) is 36.4 Å². The molecule has 0 saturated carbocycles. The van der Waals surface area contributed by atoms with E-state index in [1.165, 1.54) is 30.0 Å². The minimum Gasteiger partial charge on any atom is -0.497 e. The summed E-state index contributed by atoms with van der Waals surface area (Å²) < 4.78 is 5.11. The Hall–Kier alpha value is -1.79. The van der Waals surface area contributed by atoms with E-state index in [0.717, 1.165) is 26.8 Å². The van der Waals surface area contributed by atoms with E-state index in [0.29, 0.717) is 12.3 Å². The first-order chi connectivity index (χ1) is 11.1. The van der Waals surface area contributed by atoms with Crippen molar-refractivity contribution < 1.29 is 14.3 Å². The highest BCUT2D eigenvalue weighted by Gasteiger charge is 2.10. The summed E-state index contributed by atoms with van der Waals surface area (Å²) >= 11 is 3.02. The minimum absolute atomic E-state index is 0.0336. The van der Waals surface area contributed by atoms with Gasteiger partial charge in [-0.1, -0.05) is 0 Å². The van der Waals surface area contributed by atoms with E-state index in [1.54, 1.807) is 7.11 Å². The molecule has 0 aliphatic rings. The van der Waals surface area contributed by atoms with Crippen LogP contribution in [0.1, 0.15) is 21.5 Å². The van der Waals surface area contributed by atoms with E-state index >= 15 is 0 Å². The van der Waals surface area contributed by atoms with Gasteiger partial charge >= 0.3 is 0 Å². The van der Waals surface area contributed by atoms with Gasteiger partial charge in [0.2, 0.25) is 5.91 Å². The van der Waals surface area contributed by atoms with Crippen LogP contribution in [-0.2, 0) is 11.2 Å². The molecule has 1 aromatic heterocycles. The lowest BCUT2D eigenvalue weighted by Crippen LogP contribution is -2.22. The summed E-state index contributed by atoms with van der Waals surface area (Å²) in [6, 6.07) is 11.5. The first-order valence-electron chi connectivity index (χ1n) is 7.21. The molecule has 2 rings (SSSR count). The molecule has 0 aliphatic carbocycles. The Balaban J connectivity index is 1.83. The van der Waals surface area contributed by atoms with Crippen LogP contribution in [0.3, 0.4) is 0 Å². The summed E-state index contributed by atoms with van der Waals surface area (Å²) in [5.41, 5.74) is 0. The maximum absolute atomic E-state index is 12.2. The monoisotopic (exact) mass is 349 g/mol. The van der Waals surface area contributed by atoms with Crippen molar-refractivity contribution >= 4 is 34.8 Å². The Morgan fingerprint density at radius 3 is 2.57 bits per heavy atom. The van der Waals surface area contributed by atoms with Crippen molar-refractivity contribution in [3.05, 3.63) is 46.2 Å². The number of benzene rings is 1. The van der Waals surface area contributed by atoms with Gasteiger partial charge < -0.3 is 10.1 Å². The molecule has 0 spiro atoms. The van der Waals surface area contributed by atoms with Crippen LogP contribution in [-0.4, -0.2) is 31.1 Å². The number of methoxy groups -OCH3 is 1. The van der Waals surface area contributed by atoms with Crippen LogP contribution in [0.4, 0.5) is 0 Å². The fourth-order valence-corrected chi connectivity index (χ4v) is 3.73. The highest BCUT2D eigenvalue weighted by atomic mass is 32.2. The number of hydrogen-bond acceptors (Lipinski definition) is 5. The van der Waals surface area contributed by atoms with Gasteiger partial charge in [-0.2, -0.15) is 0 Å². The number of ether oxygens (including phenoxy) is 1. The van der Waals surface area contributed by atoms with Crippen molar-refractivity contribution in [3.8, 4) is 5.75 Å². The summed E-state index contributed by atoms with van der Waals surface area (Å²) in [7, 11) is 1.63. The van der Waals surface area contributed by atoms with Crippen LogP contribution in [0, 0.1) is 0 Å². The van der Waals surface area contributed by atoms with Crippen LogP contribution in [0.15, 0.2) is 41.3 Å². The molecule has 0 saturated heterocycles. The smallest absolute Gasteiger partial charge is 0.216 e. The molecule has 2 aromatic rings. The van der Waals surface area contributed by atoms with E-state index in [-0.39, 0.29) is 11.7 Å². The predicted molar refractivity (Wildman–Crippen MR) is 94.8 cm³/mol. The summed E-state index contributed by atoms with van der Waals surface area (Å²) in [5, 5.41) is 2.76. The maximum atomic E-state index is 12.2. The highest BCUT2D eigenvalue weighted by Crippen LogP contribution is 2.24. The number of hydrogen-bond donors (Lipinski definition) is 1. The molecule has 1 aromatic carbocycles. The minimum atomic E-state index is -0.0336. The summed E-state index contributed by atoms with van der Waals surface area (Å²) in [6.45, 7) is 2.10. The van der Waals surface area contributed by atoms with Crippen molar-refractivity contribution in [3.63, 3.8) is 0 Å². The summed E-state index contributed by atoms with van der Waals surface area (Å²) in [5.74, 6) is 1.32. The number of rotatable bonds is 8. The third kappa shape index (κ3) is 5.73. The van der Waals surface area contributed by atoms with Crippen LogP contribution in [0.2, 0.25) is 0 Å². The van der Waals surface area contributed by atoms with Gasteiger partial charge in [-0.3, -0.25) is 9.59 Å². The predicted octanol–water partition coefficient (Wildman–Crippen LogP) is 3.41. The van der Waals surface area contributed by atoms with Gasteiger partial charge in [-0.05, 0) is 42.8 Å². The summed E-state index contributed by atoms with van der Waals surface area (Å²) in [6.07, 6.45) is 0.753. The average molecular weight is 349 g/mol. The van der Waals surface area contributed by atoms with Gasteiger partial charge in [0.05, 0.1) is 17.7 Å². The van der Waals surface area contributed by atoms with Crippen LogP contribution in [0.25, 0.3) is 0 Å². The number of thiophene rings is 1. The van der Waals surface area contributed by atoms with Gasteiger partial charge in [0, 0.05) is 23.2 Å². The lowest BCUT2D eigenvalue weighted by molar-refractivity contribution is -0.118. The Bertz CT molecular complexity index is 665. The molecule has 1 N–H and O–H groups in total. The van der Waals surface area contributed by atoms with Crippen molar-refractivity contribution in [1.29, 1.82) is 0 Å². The van der Waals surface area contributed by atoms with Gasteiger partial charge in [0.25, 0.3) is 0 Å². The first-order valence-corrected chi connectivity index (χ1v) is 9.02. The molecule has 23 heavy (non-hydrogen) atoms. The molecule has 1 heterocycles. The fourth-order valence-electron chi connectivity index (χ4n) is 1.92. The van der Waals surface area contributed by atoms with Crippen molar-refractivity contribution in [1.82, 2.24) is 5.32 Å². The number of thioether (sulfide) groups is 1. The Morgan fingerprint density at radius 2 is 1.91 bits per heavy atom.